The van der Waals surface area contributed by atoms with E-state index in [0.29, 0.717) is 16.2 Å². The minimum absolute atomic E-state index is 0.323. The highest BCUT2D eigenvalue weighted by atomic mass is 35.5. The minimum Gasteiger partial charge on any atom is -0.343 e. The Morgan fingerprint density at radius 2 is 1.57 bits per heavy atom. The second-order valence-electron chi connectivity index (χ2n) is 9.49. The van der Waals surface area contributed by atoms with Crippen molar-refractivity contribution in [3.63, 3.8) is 0 Å². The van der Waals surface area contributed by atoms with Gasteiger partial charge >= 0.3 is 0 Å². The molecule has 1 saturated heterocycles. The van der Waals surface area contributed by atoms with Crippen LogP contribution in [0.25, 0.3) is 20.4 Å². The summed E-state index contributed by atoms with van der Waals surface area (Å²) in [5.41, 5.74) is 2.68. The summed E-state index contributed by atoms with van der Waals surface area (Å²) in [6.07, 6.45) is 7.91. The van der Waals surface area contributed by atoms with Crippen LogP contribution in [0.2, 0.25) is 10.3 Å². The van der Waals surface area contributed by atoms with Gasteiger partial charge < -0.3 is 10.2 Å². The van der Waals surface area contributed by atoms with Crippen LogP contribution in [0, 0.1) is 0 Å². The van der Waals surface area contributed by atoms with Crippen molar-refractivity contribution in [3.8, 4) is 0 Å². The van der Waals surface area contributed by atoms with E-state index in [1.807, 2.05) is 4.90 Å². The largest absolute Gasteiger partial charge is 0.343 e. The number of aromatic nitrogens is 4. The molecule has 0 aromatic carbocycles. The number of halogens is 2. The van der Waals surface area contributed by atoms with Gasteiger partial charge in [0, 0.05) is 55.4 Å². The van der Waals surface area contributed by atoms with Gasteiger partial charge in [0.15, 0.2) is 0 Å². The van der Waals surface area contributed by atoms with Crippen LogP contribution >= 0.6 is 45.9 Å². The van der Waals surface area contributed by atoms with Gasteiger partial charge in [0.05, 0.1) is 10.8 Å². The molecule has 3 aliphatic rings. The normalized spacial score (nSPS) is 17.7. The van der Waals surface area contributed by atoms with Crippen LogP contribution in [-0.2, 0) is 30.7 Å². The van der Waals surface area contributed by atoms with Crippen molar-refractivity contribution in [2.45, 2.75) is 45.2 Å². The molecule has 8 nitrogen and oxygen atoms in total. The zero-order valence-electron chi connectivity index (χ0n) is 20.3. The maximum atomic E-state index is 11.6. The Morgan fingerprint density at radius 1 is 0.865 bits per heavy atom. The van der Waals surface area contributed by atoms with Gasteiger partial charge in [0.2, 0.25) is 5.91 Å². The van der Waals surface area contributed by atoms with Crippen molar-refractivity contribution in [2.75, 3.05) is 32.7 Å². The smallest absolute Gasteiger partial charge is 0.222 e. The van der Waals surface area contributed by atoms with Gasteiger partial charge in [0.25, 0.3) is 0 Å². The molecule has 1 amide bonds. The molecule has 1 N–H and O–H groups in total. The Labute approximate surface area is 233 Å². The zero-order chi connectivity index (χ0) is 25.4. The Balaban J connectivity index is 0.000000153. The predicted molar refractivity (Wildman–Crippen MR) is 150 cm³/mol. The number of hydrogen-bond acceptors (Lipinski definition) is 9. The lowest BCUT2D eigenvalue weighted by atomic mass is 10.1. The summed E-state index contributed by atoms with van der Waals surface area (Å²) in [6, 6.07) is 0. The van der Waals surface area contributed by atoms with E-state index in [9.17, 15) is 4.79 Å². The number of carbonyl (C=O) groups is 1. The van der Waals surface area contributed by atoms with E-state index in [4.69, 9.17) is 23.2 Å². The summed E-state index contributed by atoms with van der Waals surface area (Å²) in [5, 5.41) is 6.63. The zero-order valence-corrected chi connectivity index (χ0v) is 23.4. The molecule has 37 heavy (non-hydrogen) atoms. The summed E-state index contributed by atoms with van der Waals surface area (Å²) in [6.45, 7) is 6.83. The molecule has 7 rings (SSSR count). The van der Waals surface area contributed by atoms with Crippen molar-refractivity contribution >= 4 is 72.2 Å². The molecule has 0 saturated carbocycles. The maximum Gasteiger partial charge on any atom is 0.222 e. The van der Waals surface area contributed by atoms with E-state index in [-0.39, 0.29) is 0 Å². The fourth-order valence-electron chi connectivity index (χ4n) is 5.38. The molecule has 12 heteroatoms. The maximum absolute atomic E-state index is 11.6. The molecule has 0 bridgehead atoms. The van der Waals surface area contributed by atoms with E-state index in [1.54, 1.807) is 22.7 Å². The molecule has 4 aromatic rings. The van der Waals surface area contributed by atoms with E-state index >= 15 is 0 Å². The van der Waals surface area contributed by atoms with Gasteiger partial charge in [-0.2, -0.15) is 0 Å². The van der Waals surface area contributed by atoms with Crippen LogP contribution in [0.1, 0.15) is 40.1 Å². The predicted octanol–water partition coefficient (Wildman–Crippen LogP) is 4.71. The highest BCUT2D eigenvalue weighted by Crippen LogP contribution is 2.37. The van der Waals surface area contributed by atoms with E-state index in [1.165, 1.54) is 33.5 Å². The SMILES string of the molecule is Clc1ncnc2sc3c(c12)CCNC3.O=C1CCCN1CCCN1CCc2c(sc3ncnc(Cl)c23)C1. The van der Waals surface area contributed by atoms with Crippen LogP contribution in [0.5, 0.6) is 0 Å². The summed E-state index contributed by atoms with van der Waals surface area (Å²) in [7, 11) is 0. The number of likely N-dealkylation sites (tertiary alicyclic amines) is 1. The second kappa shape index (κ2) is 11.0. The molecule has 0 spiro atoms. The number of fused-ring (bicyclic) bond motifs is 6. The van der Waals surface area contributed by atoms with E-state index in [2.05, 4.69) is 30.2 Å². The summed E-state index contributed by atoms with van der Waals surface area (Å²) in [5.74, 6) is 0.323. The van der Waals surface area contributed by atoms with Crippen molar-refractivity contribution in [2.24, 2.45) is 0 Å². The number of amides is 1. The monoisotopic (exact) mass is 575 g/mol. The molecule has 0 atom stereocenters. The standard InChI is InChI=1S/C16H19ClN4OS.C9H8ClN3S/c17-15-14-11-4-8-20(5-2-7-21-6-1-3-13(21)22)9-12(11)23-16(14)19-10-18-15;10-8-7-5-1-2-11-3-6(5)14-9(7)13-4-12-8/h10H,1-9H2;4,11H,1-3H2. The van der Waals surface area contributed by atoms with E-state index < -0.39 is 0 Å². The summed E-state index contributed by atoms with van der Waals surface area (Å²) in [4.78, 5) is 37.6. The first-order valence-corrected chi connectivity index (χ1v) is 15.0. The van der Waals surface area contributed by atoms with Gasteiger partial charge in [-0.1, -0.05) is 23.2 Å². The van der Waals surface area contributed by atoms with Crippen LogP contribution in [0.4, 0.5) is 0 Å². The quantitative estimate of drug-likeness (QED) is 0.353. The fourth-order valence-corrected chi connectivity index (χ4v) is 8.37. The van der Waals surface area contributed by atoms with Crippen LogP contribution in [0.3, 0.4) is 0 Å². The van der Waals surface area contributed by atoms with Crippen molar-refractivity contribution in [1.29, 1.82) is 0 Å². The topological polar surface area (TPSA) is 87.1 Å². The number of rotatable bonds is 4. The molecular formula is C25H27Cl2N7OS2. The number of carbonyl (C=O) groups excluding carboxylic acids is 1. The van der Waals surface area contributed by atoms with Gasteiger partial charge in [-0.05, 0) is 43.4 Å². The third kappa shape index (κ3) is 5.20. The molecule has 0 unspecified atom stereocenters. The number of hydrogen-bond donors (Lipinski definition) is 1. The lowest BCUT2D eigenvalue weighted by Crippen LogP contribution is -2.33. The molecule has 4 aromatic heterocycles. The van der Waals surface area contributed by atoms with Crippen LogP contribution in [0.15, 0.2) is 12.7 Å². The lowest BCUT2D eigenvalue weighted by Gasteiger charge is -2.27. The molecule has 0 radical (unpaired) electrons. The Bertz CT molecular complexity index is 1460. The Kier molecular flexibility index (Phi) is 7.56. The van der Waals surface area contributed by atoms with Crippen molar-refractivity contribution < 1.29 is 4.79 Å². The number of nitrogens with zero attached hydrogens (tertiary/aromatic N) is 6. The average Bonchev–Trinajstić information content (AvgIpc) is 3.59. The Hall–Kier alpha value is -1.95. The third-order valence-corrected chi connectivity index (χ3v) is 10.0. The summed E-state index contributed by atoms with van der Waals surface area (Å²) >= 11 is 15.8. The fraction of sp³-hybridized carbons (Fsp3) is 0.480. The van der Waals surface area contributed by atoms with Crippen molar-refractivity contribution in [3.05, 3.63) is 43.8 Å². The Morgan fingerprint density at radius 3 is 2.27 bits per heavy atom. The van der Waals surface area contributed by atoms with Crippen LogP contribution < -0.4 is 5.32 Å². The first-order chi connectivity index (χ1) is 18.1. The van der Waals surface area contributed by atoms with Crippen LogP contribution in [-0.4, -0.2) is 68.4 Å². The number of nitrogens with one attached hydrogen (secondary N) is 1. The molecular weight excluding hydrogens is 549 g/mol. The minimum atomic E-state index is 0.323. The average molecular weight is 577 g/mol. The third-order valence-electron chi connectivity index (χ3n) is 7.21. The molecule has 194 valence electrons. The molecule has 7 heterocycles. The van der Waals surface area contributed by atoms with Gasteiger partial charge in [-0.3, -0.25) is 9.69 Å². The van der Waals surface area contributed by atoms with Crippen molar-refractivity contribution in [1.82, 2.24) is 35.1 Å². The first kappa shape index (κ1) is 25.3. The molecule has 1 fully saturated rings. The van der Waals surface area contributed by atoms with Gasteiger partial charge in [-0.25, -0.2) is 19.9 Å². The number of thiophene rings is 2. The first-order valence-electron chi connectivity index (χ1n) is 12.6. The molecule has 3 aliphatic heterocycles. The highest BCUT2D eigenvalue weighted by molar-refractivity contribution is 7.19. The van der Waals surface area contributed by atoms with E-state index in [0.717, 1.165) is 98.4 Å². The van der Waals surface area contributed by atoms with Gasteiger partial charge in [0.1, 0.15) is 32.6 Å². The molecule has 0 aliphatic carbocycles. The second-order valence-corrected chi connectivity index (χ2v) is 12.4. The van der Waals surface area contributed by atoms with Gasteiger partial charge in [-0.15, -0.1) is 22.7 Å². The summed E-state index contributed by atoms with van der Waals surface area (Å²) < 4.78 is 0. The lowest BCUT2D eigenvalue weighted by molar-refractivity contribution is -0.127. The highest BCUT2D eigenvalue weighted by Gasteiger charge is 2.24.